The van der Waals surface area contributed by atoms with E-state index in [1.165, 1.54) is 19.2 Å². The Morgan fingerprint density at radius 1 is 1.02 bits per heavy atom. The van der Waals surface area contributed by atoms with E-state index in [9.17, 15) is 18.0 Å². The lowest BCUT2D eigenvalue weighted by Crippen LogP contribution is -2.31. The standard InChI is InChI=1S/C31H33N3O6S.C4H10O/c1-20-8-4-7-11-29(20)41(37,38)33-30(35)22-13-12-21(28(17-22)39-3)16-23-19-34(2)27-15-14-24(18-26(23)27)32-31(36)40-25-9-5-6-10-25;1-2-3-4-5/h4,7-8,11-15,17-19,25H,5-6,9-10,16H2,1-3H3,(H,32,36)(H,33,35);5H,2-4H2,1H3. The highest BCUT2D eigenvalue weighted by atomic mass is 32.2. The van der Waals surface area contributed by atoms with Crippen LogP contribution in [0, 0.1) is 6.92 Å². The maximum absolute atomic E-state index is 12.9. The molecule has 1 fully saturated rings. The van der Waals surface area contributed by atoms with Gasteiger partial charge in [0, 0.05) is 48.4 Å². The fourth-order valence-electron chi connectivity index (χ4n) is 5.49. The van der Waals surface area contributed by atoms with Crippen LogP contribution in [0.4, 0.5) is 10.5 Å². The minimum absolute atomic E-state index is 0.0221. The summed E-state index contributed by atoms with van der Waals surface area (Å²) in [5.41, 5.74) is 4.14. The Balaban J connectivity index is 0.000000892. The highest BCUT2D eigenvalue weighted by Gasteiger charge is 2.22. The van der Waals surface area contributed by atoms with E-state index in [0.717, 1.165) is 60.6 Å². The lowest BCUT2D eigenvalue weighted by molar-refractivity contribution is 0.0980. The molecule has 1 aliphatic carbocycles. The maximum atomic E-state index is 12.9. The van der Waals surface area contributed by atoms with Crippen LogP contribution in [0.5, 0.6) is 5.75 Å². The lowest BCUT2D eigenvalue weighted by atomic mass is 10.0. The number of amides is 2. The van der Waals surface area contributed by atoms with Gasteiger partial charge in [-0.15, -0.1) is 0 Å². The first kappa shape index (κ1) is 34.5. The molecule has 11 heteroatoms. The van der Waals surface area contributed by atoms with Crippen molar-refractivity contribution in [3.63, 3.8) is 0 Å². The molecule has 10 nitrogen and oxygen atoms in total. The zero-order valence-corrected chi connectivity index (χ0v) is 27.7. The molecule has 0 bridgehead atoms. The van der Waals surface area contributed by atoms with Crippen LogP contribution in [0.2, 0.25) is 0 Å². The van der Waals surface area contributed by atoms with Gasteiger partial charge in [0.15, 0.2) is 0 Å². The largest absolute Gasteiger partial charge is 0.496 e. The predicted molar refractivity (Wildman–Crippen MR) is 179 cm³/mol. The third-order valence-electron chi connectivity index (χ3n) is 7.95. The van der Waals surface area contributed by atoms with E-state index in [-0.39, 0.29) is 16.6 Å². The molecule has 1 aromatic heterocycles. The van der Waals surface area contributed by atoms with Gasteiger partial charge >= 0.3 is 6.09 Å². The number of nitrogens with zero attached hydrogens (tertiary/aromatic N) is 1. The van der Waals surface area contributed by atoms with Gasteiger partial charge in [0.2, 0.25) is 0 Å². The zero-order valence-electron chi connectivity index (χ0n) is 26.8. The maximum Gasteiger partial charge on any atom is 0.411 e. The number of aromatic nitrogens is 1. The van der Waals surface area contributed by atoms with Gasteiger partial charge in [0.25, 0.3) is 15.9 Å². The number of anilines is 1. The lowest BCUT2D eigenvalue weighted by Gasteiger charge is -2.13. The molecule has 0 spiro atoms. The summed E-state index contributed by atoms with van der Waals surface area (Å²) in [5, 5.41) is 11.9. The number of benzene rings is 3. The van der Waals surface area contributed by atoms with E-state index < -0.39 is 22.0 Å². The van der Waals surface area contributed by atoms with Crippen molar-refractivity contribution in [2.75, 3.05) is 19.0 Å². The topological polar surface area (TPSA) is 136 Å². The fourth-order valence-corrected chi connectivity index (χ4v) is 6.71. The summed E-state index contributed by atoms with van der Waals surface area (Å²) in [6, 6.07) is 17.1. The van der Waals surface area contributed by atoms with Crippen LogP contribution in [-0.4, -0.2) is 49.9 Å². The monoisotopic (exact) mass is 649 g/mol. The number of aryl methyl sites for hydroxylation is 2. The van der Waals surface area contributed by atoms with E-state index in [1.807, 2.05) is 36.0 Å². The molecule has 46 heavy (non-hydrogen) atoms. The van der Waals surface area contributed by atoms with Crippen LogP contribution >= 0.6 is 0 Å². The second-order valence-corrected chi connectivity index (χ2v) is 13.1. The number of methoxy groups -OCH3 is 1. The number of aliphatic hydroxyl groups is 1. The summed E-state index contributed by atoms with van der Waals surface area (Å²) in [4.78, 5) is 25.4. The number of fused-ring (bicyclic) bond motifs is 1. The first-order valence-electron chi connectivity index (χ1n) is 15.5. The Morgan fingerprint density at radius 3 is 2.41 bits per heavy atom. The van der Waals surface area contributed by atoms with Gasteiger partial charge in [-0.05, 0) is 92.1 Å². The van der Waals surface area contributed by atoms with Crippen LogP contribution in [0.15, 0.2) is 71.8 Å². The van der Waals surface area contributed by atoms with Crippen LogP contribution in [-0.2, 0) is 28.2 Å². The highest BCUT2D eigenvalue weighted by Crippen LogP contribution is 2.30. The molecule has 0 aliphatic heterocycles. The Kier molecular flexibility index (Phi) is 11.8. The number of aliphatic hydroxyl groups excluding tert-OH is 1. The number of unbranched alkanes of at least 4 members (excludes halogenated alkanes) is 1. The minimum Gasteiger partial charge on any atom is -0.496 e. The molecule has 3 N–H and O–H groups in total. The Hall–Kier alpha value is -4.35. The number of carbonyl (C=O) groups is 2. The zero-order chi connectivity index (χ0) is 33.3. The van der Waals surface area contributed by atoms with Crippen LogP contribution in [0.3, 0.4) is 0 Å². The van der Waals surface area contributed by atoms with Crippen LogP contribution in [0.1, 0.15) is 72.5 Å². The van der Waals surface area contributed by atoms with Crippen molar-refractivity contribution in [2.45, 2.75) is 69.8 Å². The number of sulfonamides is 1. The van der Waals surface area contributed by atoms with Gasteiger partial charge in [-0.3, -0.25) is 10.1 Å². The molecule has 0 radical (unpaired) electrons. The van der Waals surface area contributed by atoms with Crippen LogP contribution in [0.25, 0.3) is 10.9 Å². The van der Waals surface area contributed by atoms with Gasteiger partial charge in [0.1, 0.15) is 11.9 Å². The van der Waals surface area contributed by atoms with E-state index >= 15 is 0 Å². The third-order valence-corrected chi connectivity index (χ3v) is 9.44. The van der Waals surface area contributed by atoms with Gasteiger partial charge in [-0.2, -0.15) is 0 Å². The number of rotatable bonds is 10. The molecule has 3 aromatic carbocycles. The number of hydrogen-bond acceptors (Lipinski definition) is 7. The number of ether oxygens (including phenoxy) is 2. The molecule has 1 aliphatic rings. The second kappa shape index (κ2) is 15.8. The molecule has 246 valence electrons. The minimum atomic E-state index is -4.04. The average Bonchev–Trinajstić information content (AvgIpc) is 3.65. The second-order valence-electron chi connectivity index (χ2n) is 11.4. The number of hydrogen-bond donors (Lipinski definition) is 3. The molecule has 1 saturated carbocycles. The molecule has 4 aromatic rings. The molecule has 2 amide bonds. The van der Waals surface area contributed by atoms with Gasteiger partial charge in [0.05, 0.1) is 12.0 Å². The van der Waals surface area contributed by atoms with Crippen molar-refractivity contribution in [3.05, 3.63) is 89.1 Å². The van der Waals surface area contributed by atoms with Gasteiger partial charge < -0.3 is 19.1 Å². The van der Waals surface area contributed by atoms with E-state index in [2.05, 4.69) is 17.0 Å². The molecule has 0 saturated heterocycles. The van der Waals surface area contributed by atoms with Crippen molar-refractivity contribution in [3.8, 4) is 5.75 Å². The Labute approximate surface area is 270 Å². The summed E-state index contributed by atoms with van der Waals surface area (Å²) in [7, 11) is -0.583. The summed E-state index contributed by atoms with van der Waals surface area (Å²) < 4.78 is 40.9. The Morgan fingerprint density at radius 2 is 1.76 bits per heavy atom. The first-order chi connectivity index (χ1) is 22.1. The highest BCUT2D eigenvalue weighted by molar-refractivity contribution is 7.90. The smallest absolute Gasteiger partial charge is 0.411 e. The molecule has 5 rings (SSSR count). The predicted octanol–water partition coefficient (Wildman–Crippen LogP) is 6.47. The number of nitrogens with one attached hydrogen (secondary N) is 2. The average molecular weight is 650 g/mol. The van der Waals surface area contributed by atoms with E-state index in [1.54, 1.807) is 37.3 Å². The van der Waals surface area contributed by atoms with Crippen molar-refractivity contribution in [1.82, 2.24) is 9.29 Å². The van der Waals surface area contributed by atoms with Gasteiger partial charge in [-0.1, -0.05) is 37.6 Å². The fraction of sp³-hybridized carbons (Fsp3) is 0.371. The normalized spacial score (nSPS) is 13.2. The van der Waals surface area contributed by atoms with Crippen LogP contribution < -0.4 is 14.8 Å². The summed E-state index contributed by atoms with van der Waals surface area (Å²) >= 11 is 0. The summed E-state index contributed by atoms with van der Waals surface area (Å²) in [5.74, 6) is -0.291. The van der Waals surface area contributed by atoms with E-state index in [0.29, 0.717) is 30.0 Å². The first-order valence-corrected chi connectivity index (χ1v) is 17.0. The Bertz CT molecular complexity index is 1770. The number of carbonyl (C=O) groups excluding carboxylic acids is 2. The molecule has 1 heterocycles. The quantitative estimate of drug-likeness (QED) is 0.179. The molecule has 0 unspecified atom stereocenters. The van der Waals surface area contributed by atoms with Crippen molar-refractivity contribution >= 4 is 38.6 Å². The SMILES string of the molecule is CCCCO.COc1cc(C(=O)NS(=O)(=O)c2ccccc2C)ccc1Cc1cn(C)c2ccc(NC(=O)OC3CCCC3)cc12. The summed E-state index contributed by atoms with van der Waals surface area (Å²) in [6.07, 6.45) is 8.04. The third kappa shape index (κ3) is 8.67. The molecule has 0 atom stereocenters. The molecular formula is C35H43N3O7S. The summed E-state index contributed by atoms with van der Waals surface area (Å²) in [6.45, 7) is 4.07. The van der Waals surface area contributed by atoms with Gasteiger partial charge in [-0.25, -0.2) is 17.9 Å². The van der Waals surface area contributed by atoms with Crippen molar-refractivity contribution in [1.29, 1.82) is 0 Å². The molecular weight excluding hydrogens is 606 g/mol. The van der Waals surface area contributed by atoms with Crippen molar-refractivity contribution in [2.24, 2.45) is 7.05 Å². The van der Waals surface area contributed by atoms with Crippen molar-refractivity contribution < 1.29 is 32.6 Å². The van der Waals surface area contributed by atoms with E-state index in [4.69, 9.17) is 14.6 Å².